The lowest BCUT2D eigenvalue weighted by Crippen LogP contribution is -1.99. The van der Waals surface area contributed by atoms with Gasteiger partial charge in [-0.1, -0.05) is 13.3 Å². The van der Waals surface area contributed by atoms with E-state index in [1.807, 2.05) is 0 Å². The SMILES string of the molecule is CCCCOC(C)=O.COCO. The van der Waals surface area contributed by atoms with Crippen molar-refractivity contribution >= 4 is 5.97 Å². The zero-order valence-corrected chi connectivity index (χ0v) is 8.00. The van der Waals surface area contributed by atoms with Gasteiger partial charge in [0, 0.05) is 14.0 Å². The summed E-state index contributed by atoms with van der Waals surface area (Å²) in [6.07, 6.45) is 2.05. The first-order valence-corrected chi connectivity index (χ1v) is 3.92. The molecule has 74 valence electrons. The molecule has 0 aromatic heterocycles. The minimum atomic E-state index is -0.182. The van der Waals surface area contributed by atoms with Gasteiger partial charge in [0.2, 0.25) is 0 Å². The van der Waals surface area contributed by atoms with E-state index in [0.717, 1.165) is 12.8 Å². The van der Waals surface area contributed by atoms with Crippen LogP contribution in [0, 0.1) is 0 Å². The quantitative estimate of drug-likeness (QED) is 0.395. The summed E-state index contributed by atoms with van der Waals surface area (Å²) in [5, 5.41) is 7.65. The summed E-state index contributed by atoms with van der Waals surface area (Å²) in [5.41, 5.74) is 0. The molecule has 0 aromatic carbocycles. The molecule has 0 aliphatic heterocycles. The molecule has 0 aromatic rings. The minimum absolute atomic E-state index is 0.181. The Labute approximate surface area is 73.5 Å². The minimum Gasteiger partial charge on any atom is -0.466 e. The van der Waals surface area contributed by atoms with Crippen molar-refractivity contribution in [3.05, 3.63) is 0 Å². The zero-order chi connectivity index (χ0) is 9.82. The summed E-state index contributed by atoms with van der Waals surface area (Å²) in [6, 6.07) is 0. The highest BCUT2D eigenvalue weighted by molar-refractivity contribution is 5.65. The average molecular weight is 178 g/mol. The molecule has 0 amide bonds. The number of carbonyl (C=O) groups excluding carboxylic acids is 1. The standard InChI is InChI=1S/C6H12O2.C2H6O2/c1-3-4-5-8-6(2)7;1-4-2-3/h3-5H2,1-2H3;3H,2H2,1H3. The molecule has 0 aliphatic rings. The van der Waals surface area contributed by atoms with Gasteiger partial charge in [-0.05, 0) is 6.42 Å². The van der Waals surface area contributed by atoms with Crippen LogP contribution in [0.2, 0.25) is 0 Å². The number of aliphatic hydroxyl groups is 1. The topological polar surface area (TPSA) is 55.8 Å². The fourth-order valence-electron chi connectivity index (χ4n) is 0.360. The van der Waals surface area contributed by atoms with E-state index < -0.39 is 0 Å². The number of aliphatic hydroxyl groups excluding tert-OH is 1. The van der Waals surface area contributed by atoms with Gasteiger partial charge in [0.15, 0.2) is 0 Å². The molecule has 0 radical (unpaired) electrons. The van der Waals surface area contributed by atoms with Crippen molar-refractivity contribution in [2.24, 2.45) is 0 Å². The molecule has 12 heavy (non-hydrogen) atoms. The van der Waals surface area contributed by atoms with Crippen LogP contribution in [0.25, 0.3) is 0 Å². The molecular formula is C8H18O4. The Hall–Kier alpha value is -0.610. The first-order valence-electron chi connectivity index (χ1n) is 3.92. The Balaban J connectivity index is 0. The predicted molar refractivity (Wildman–Crippen MR) is 45.6 cm³/mol. The summed E-state index contributed by atoms with van der Waals surface area (Å²) < 4.78 is 8.74. The van der Waals surface area contributed by atoms with Crippen LogP contribution in [0.3, 0.4) is 0 Å². The van der Waals surface area contributed by atoms with Crippen molar-refractivity contribution < 1.29 is 19.4 Å². The van der Waals surface area contributed by atoms with Gasteiger partial charge in [-0.3, -0.25) is 4.79 Å². The normalized spacial score (nSPS) is 8.33. The molecule has 0 saturated heterocycles. The smallest absolute Gasteiger partial charge is 0.302 e. The lowest BCUT2D eigenvalue weighted by atomic mass is 10.4. The van der Waals surface area contributed by atoms with Crippen molar-refractivity contribution in [1.82, 2.24) is 0 Å². The summed E-state index contributed by atoms with van der Waals surface area (Å²) in [5.74, 6) is -0.182. The van der Waals surface area contributed by atoms with Crippen LogP contribution in [0.5, 0.6) is 0 Å². The monoisotopic (exact) mass is 178 g/mol. The number of unbranched alkanes of at least 4 members (excludes halogenated alkanes) is 1. The Morgan fingerprint density at radius 3 is 2.25 bits per heavy atom. The van der Waals surface area contributed by atoms with Crippen molar-refractivity contribution in [3.8, 4) is 0 Å². The fourth-order valence-corrected chi connectivity index (χ4v) is 0.360. The molecule has 0 aliphatic carbocycles. The van der Waals surface area contributed by atoms with Gasteiger partial charge in [-0.25, -0.2) is 0 Å². The molecule has 0 rings (SSSR count). The third kappa shape index (κ3) is 22.8. The van der Waals surface area contributed by atoms with Crippen molar-refractivity contribution in [2.45, 2.75) is 26.7 Å². The van der Waals surface area contributed by atoms with Crippen molar-refractivity contribution in [1.29, 1.82) is 0 Å². The molecule has 0 atom stereocenters. The van der Waals surface area contributed by atoms with Gasteiger partial charge in [0.25, 0.3) is 0 Å². The molecule has 0 heterocycles. The zero-order valence-electron chi connectivity index (χ0n) is 8.00. The molecule has 0 spiro atoms. The molecule has 0 bridgehead atoms. The molecule has 4 heteroatoms. The van der Waals surface area contributed by atoms with E-state index >= 15 is 0 Å². The number of methoxy groups -OCH3 is 1. The average Bonchev–Trinajstić information content (AvgIpc) is 2.05. The Kier molecular flexibility index (Phi) is 15.1. The van der Waals surface area contributed by atoms with E-state index in [-0.39, 0.29) is 12.8 Å². The highest BCUT2D eigenvalue weighted by atomic mass is 16.6. The van der Waals surface area contributed by atoms with Crippen molar-refractivity contribution in [3.63, 3.8) is 0 Å². The fraction of sp³-hybridized carbons (Fsp3) is 0.875. The van der Waals surface area contributed by atoms with Gasteiger partial charge >= 0.3 is 5.97 Å². The second-order valence-electron chi connectivity index (χ2n) is 2.11. The summed E-state index contributed by atoms with van der Waals surface area (Å²) >= 11 is 0. The lowest BCUT2D eigenvalue weighted by molar-refractivity contribution is -0.141. The summed E-state index contributed by atoms with van der Waals surface area (Å²) in [4.78, 5) is 10.1. The number of carbonyl (C=O) groups is 1. The lowest BCUT2D eigenvalue weighted by Gasteiger charge is -1.96. The van der Waals surface area contributed by atoms with Crippen LogP contribution in [0.4, 0.5) is 0 Å². The van der Waals surface area contributed by atoms with Crippen LogP contribution in [0.15, 0.2) is 0 Å². The van der Waals surface area contributed by atoms with E-state index in [9.17, 15) is 4.79 Å². The first kappa shape index (κ1) is 13.9. The molecular weight excluding hydrogens is 160 g/mol. The van der Waals surface area contributed by atoms with Crippen LogP contribution in [-0.4, -0.2) is 31.6 Å². The number of hydrogen-bond donors (Lipinski definition) is 1. The maximum atomic E-state index is 10.1. The second-order valence-corrected chi connectivity index (χ2v) is 2.11. The van der Waals surface area contributed by atoms with E-state index in [4.69, 9.17) is 5.11 Å². The number of ether oxygens (including phenoxy) is 2. The molecule has 0 unspecified atom stereocenters. The third-order valence-corrected chi connectivity index (χ3v) is 0.932. The van der Waals surface area contributed by atoms with E-state index in [0.29, 0.717) is 6.61 Å². The van der Waals surface area contributed by atoms with Crippen LogP contribution in [-0.2, 0) is 14.3 Å². The maximum Gasteiger partial charge on any atom is 0.302 e. The van der Waals surface area contributed by atoms with Gasteiger partial charge in [0.05, 0.1) is 6.61 Å². The number of hydrogen-bond acceptors (Lipinski definition) is 4. The van der Waals surface area contributed by atoms with Crippen molar-refractivity contribution in [2.75, 3.05) is 20.5 Å². The predicted octanol–water partition coefficient (Wildman–Crippen LogP) is 0.932. The van der Waals surface area contributed by atoms with Gasteiger partial charge in [-0.2, -0.15) is 0 Å². The summed E-state index contributed by atoms with van der Waals surface area (Å²) in [7, 11) is 1.43. The highest BCUT2D eigenvalue weighted by Gasteiger charge is 1.88. The highest BCUT2D eigenvalue weighted by Crippen LogP contribution is 1.86. The number of esters is 1. The summed E-state index contributed by atoms with van der Waals surface area (Å²) in [6.45, 7) is 3.88. The second kappa shape index (κ2) is 13.0. The maximum absolute atomic E-state index is 10.1. The van der Waals surface area contributed by atoms with Gasteiger partial charge < -0.3 is 14.6 Å². The van der Waals surface area contributed by atoms with E-state index in [1.54, 1.807) is 0 Å². The Morgan fingerprint density at radius 1 is 1.50 bits per heavy atom. The largest absolute Gasteiger partial charge is 0.466 e. The van der Waals surface area contributed by atoms with Gasteiger partial charge in [0.1, 0.15) is 6.79 Å². The van der Waals surface area contributed by atoms with Crippen LogP contribution >= 0.6 is 0 Å². The van der Waals surface area contributed by atoms with Gasteiger partial charge in [-0.15, -0.1) is 0 Å². The number of rotatable bonds is 4. The Bertz CT molecular complexity index is 91.1. The van der Waals surface area contributed by atoms with Crippen LogP contribution in [0.1, 0.15) is 26.7 Å². The molecule has 1 N–H and O–H groups in total. The molecule has 0 fully saturated rings. The first-order chi connectivity index (χ1) is 5.68. The van der Waals surface area contributed by atoms with E-state index in [1.165, 1.54) is 14.0 Å². The molecule has 4 nitrogen and oxygen atoms in total. The van der Waals surface area contributed by atoms with E-state index in [2.05, 4.69) is 16.4 Å². The van der Waals surface area contributed by atoms with Crippen LogP contribution < -0.4 is 0 Å². The Morgan fingerprint density at radius 2 is 2.00 bits per heavy atom. The third-order valence-electron chi connectivity index (χ3n) is 0.932. The molecule has 0 saturated carbocycles.